The number of carbonyl (C=O) groups excluding carboxylic acids is 1. The number of hydrogen-bond donors (Lipinski definition) is 3. The van der Waals surface area contributed by atoms with Crippen LogP contribution >= 0.6 is 0 Å². The second kappa shape index (κ2) is 15.6. The zero-order chi connectivity index (χ0) is 31.1. The fourth-order valence-corrected chi connectivity index (χ4v) is 6.31. The van der Waals surface area contributed by atoms with E-state index in [1.165, 1.54) is 0 Å². The van der Waals surface area contributed by atoms with Crippen LogP contribution in [0.2, 0.25) is 0 Å². The van der Waals surface area contributed by atoms with Crippen LogP contribution in [0.4, 0.5) is 0 Å². The van der Waals surface area contributed by atoms with E-state index in [1.54, 1.807) is 27.0 Å². The zero-order valence-corrected chi connectivity index (χ0v) is 27.0. The van der Waals surface area contributed by atoms with Gasteiger partial charge >= 0.3 is 5.97 Å². The Morgan fingerprint density at radius 2 is 1.80 bits per heavy atom. The van der Waals surface area contributed by atoms with E-state index in [4.69, 9.17) is 14.2 Å². The molecule has 0 saturated carbocycles. The van der Waals surface area contributed by atoms with Crippen molar-refractivity contribution < 1.29 is 34.3 Å². The zero-order valence-electron chi connectivity index (χ0n) is 27.0. The molecule has 7 nitrogen and oxygen atoms in total. The van der Waals surface area contributed by atoms with Gasteiger partial charge in [-0.15, -0.1) is 0 Å². The van der Waals surface area contributed by atoms with Crippen LogP contribution in [0.3, 0.4) is 0 Å². The molecule has 234 valence electrons. The van der Waals surface area contributed by atoms with Gasteiger partial charge in [0.2, 0.25) is 0 Å². The first kappa shape index (κ1) is 35.4. The molecule has 2 heterocycles. The van der Waals surface area contributed by atoms with Crippen molar-refractivity contribution >= 4 is 5.97 Å². The number of methoxy groups -OCH3 is 1. The summed E-state index contributed by atoms with van der Waals surface area (Å²) in [4.78, 5) is 13.3. The lowest BCUT2D eigenvalue weighted by Crippen LogP contribution is -2.54. The Morgan fingerprint density at radius 3 is 2.41 bits per heavy atom. The molecule has 0 radical (unpaired) electrons. The molecule has 11 unspecified atom stereocenters. The molecule has 2 aliphatic rings. The van der Waals surface area contributed by atoms with Crippen molar-refractivity contribution in [3.05, 3.63) is 47.1 Å². The number of allylic oxidation sites excluding steroid dienone is 5. The molecule has 0 bridgehead atoms. The third-order valence-electron chi connectivity index (χ3n) is 9.21. The van der Waals surface area contributed by atoms with E-state index < -0.39 is 48.0 Å². The van der Waals surface area contributed by atoms with E-state index in [1.807, 2.05) is 65.8 Å². The molecule has 0 aromatic heterocycles. The highest BCUT2D eigenvalue weighted by atomic mass is 16.6. The molecule has 0 aliphatic carbocycles. The predicted molar refractivity (Wildman–Crippen MR) is 163 cm³/mol. The number of carbonyl (C=O) groups is 1. The predicted octanol–water partition coefficient (Wildman–Crippen LogP) is 5.89. The van der Waals surface area contributed by atoms with Crippen LogP contribution in [0.25, 0.3) is 0 Å². The smallest absolute Gasteiger partial charge is 0.334 e. The maximum atomic E-state index is 13.3. The van der Waals surface area contributed by atoms with E-state index in [0.29, 0.717) is 17.9 Å². The van der Waals surface area contributed by atoms with Crippen molar-refractivity contribution in [3.8, 4) is 0 Å². The molecule has 1 fully saturated rings. The molecule has 11 atom stereocenters. The van der Waals surface area contributed by atoms with Crippen LogP contribution < -0.4 is 0 Å². The van der Waals surface area contributed by atoms with Gasteiger partial charge in [-0.2, -0.15) is 0 Å². The molecule has 0 amide bonds. The minimum absolute atomic E-state index is 0.0485. The van der Waals surface area contributed by atoms with Gasteiger partial charge in [0, 0.05) is 36.9 Å². The Labute approximate surface area is 248 Å². The number of ether oxygens (including phenoxy) is 3. The third kappa shape index (κ3) is 9.36. The molecule has 0 aromatic rings. The number of aliphatic hydroxyl groups excluding tert-OH is 2. The van der Waals surface area contributed by atoms with E-state index in [0.717, 1.165) is 30.4 Å². The molecule has 7 heteroatoms. The molecular weight excluding hydrogens is 520 g/mol. The SMILES string of the molecule is CCC1OC(O)(C(C)C(O)C(C)C2OC(=O)/C(C)=C/C(C)=C/C(C)C(O)C(C)C/C(C)=C/C=C/C2OC)CCC1C. The van der Waals surface area contributed by atoms with Gasteiger partial charge in [-0.1, -0.05) is 77.0 Å². The molecule has 2 aliphatic heterocycles. The molecule has 0 spiro atoms. The summed E-state index contributed by atoms with van der Waals surface area (Å²) < 4.78 is 18.0. The van der Waals surface area contributed by atoms with Crippen LogP contribution in [0.5, 0.6) is 0 Å². The highest BCUT2D eigenvalue weighted by molar-refractivity contribution is 5.88. The van der Waals surface area contributed by atoms with Crippen molar-refractivity contribution in [2.75, 3.05) is 7.11 Å². The van der Waals surface area contributed by atoms with Crippen LogP contribution in [0.1, 0.15) is 88.0 Å². The summed E-state index contributed by atoms with van der Waals surface area (Å²) in [5, 5.41) is 33.9. The lowest BCUT2D eigenvalue weighted by Gasteiger charge is -2.46. The van der Waals surface area contributed by atoms with Gasteiger partial charge in [0.05, 0.1) is 18.3 Å². The van der Waals surface area contributed by atoms with E-state index in [9.17, 15) is 20.1 Å². The van der Waals surface area contributed by atoms with Crippen LogP contribution in [0.15, 0.2) is 47.1 Å². The van der Waals surface area contributed by atoms with Crippen LogP contribution in [-0.2, 0) is 19.0 Å². The summed E-state index contributed by atoms with van der Waals surface area (Å²) in [5.41, 5.74) is 2.37. The van der Waals surface area contributed by atoms with E-state index in [-0.39, 0.29) is 17.9 Å². The highest BCUT2D eigenvalue weighted by Gasteiger charge is 2.48. The minimum Gasteiger partial charge on any atom is -0.456 e. The van der Waals surface area contributed by atoms with Gasteiger partial charge in [0.15, 0.2) is 5.79 Å². The topological polar surface area (TPSA) is 105 Å². The Hall–Kier alpha value is -1.77. The van der Waals surface area contributed by atoms with Crippen molar-refractivity contribution in [1.29, 1.82) is 0 Å². The van der Waals surface area contributed by atoms with Gasteiger partial charge in [-0.3, -0.25) is 0 Å². The van der Waals surface area contributed by atoms with Crippen molar-refractivity contribution in [2.45, 2.75) is 124 Å². The maximum absolute atomic E-state index is 13.3. The van der Waals surface area contributed by atoms with Crippen LogP contribution in [-0.4, -0.2) is 64.7 Å². The number of esters is 1. The summed E-state index contributed by atoms with van der Waals surface area (Å²) in [5.74, 6) is -2.91. The Bertz CT molecular complexity index is 982. The van der Waals surface area contributed by atoms with E-state index in [2.05, 4.69) is 6.92 Å². The quantitative estimate of drug-likeness (QED) is 0.339. The second-order valence-electron chi connectivity index (χ2n) is 12.8. The Balaban J connectivity index is 2.45. The first-order chi connectivity index (χ1) is 19.1. The summed E-state index contributed by atoms with van der Waals surface area (Å²) in [6.45, 7) is 17.4. The Kier molecular flexibility index (Phi) is 13.5. The first-order valence-electron chi connectivity index (χ1n) is 15.4. The van der Waals surface area contributed by atoms with Gasteiger partial charge in [0.1, 0.15) is 12.2 Å². The first-order valence-corrected chi connectivity index (χ1v) is 15.4. The highest BCUT2D eigenvalue weighted by Crippen LogP contribution is 2.40. The van der Waals surface area contributed by atoms with Crippen molar-refractivity contribution in [3.63, 3.8) is 0 Å². The fraction of sp³-hybridized carbons (Fsp3) is 0.735. The number of hydrogen-bond acceptors (Lipinski definition) is 7. The third-order valence-corrected chi connectivity index (χ3v) is 9.21. The van der Waals surface area contributed by atoms with Crippen molar-refractivity contribution in [2.24, 2.45) is 29.6 Å². The van der Waals surface area contributed by atoms with Gasteiger partial charge in [0.25, 0.3) is 0 Å². The van der Waals surface area contributed by atoms with Gasteiger partial charge < -0.3 is 29.5 Å². The fourth-order valence-electron chi connectivity index (χ4n) is 6.31. The summed E-state index contributed by atoms with van der Waals surface area (Å²) in [7, 11) is 1.55. The number of cyclic esters (lactones) is 1. The average molecular weight is 577 g/mol. The molecule has 3 N–H and O–H groups in total. The summed E-state index contributed by atoms with van der Waals surface area (Å²) >= 11 is 0. The summed E-state index contributed by atoms with van der Waals surface area (Å²) in [6, 6.07) is 0. The number of aliphatic hydroxyl groups is 3. The minimum atomic E-state index is -1.48. The maximum Gasteiger partial charge on any atom is 0.334 e. The lowest BCUT2D eigenvalue weighted by molar-refractivity contribution is -0.305. The molecular formula is C34H56O7. The monoisotopic (exact) mass is 576 g/mol. The van der Waals surface area contributed by atoms with Crippen molar-refractivity contribution in [1.82, 2.24) is 0 Å². The molecule has 1 saturated heterocycles. The van der Waals surface area contributed by atoms with Gasteiger partial charge in [-0.25, -0.2) is 4.79 Å². The van der Waals surface area contributed by atoms with Crippen LogP contribution in [0, 0.1) is 29.6 Å². The standard InChI is InChI=1S/C34H56O7/c1-11-28-22(4)15-16-34(38,41-28)27(9)31(36)26(8)32-29(39-10)14-12-13-20(2)17-23(5)30(35)24(6)18-21(3)19-25(7)33(37)40-32/h12-14,18-19,22-24,26-32,35-36,38H,11,15-17H2,1-10H3/b14-12+,20-13+,21-18+,25-19+. The summed E-state index contributed by atoms with van der Waals surface area (Å²) in [6.07, 6.45) is 9.04. The van der Waals surface area contributed by atoms with Gasteiger partial charge in [-0.05, 0) is 57.9 Å². The largest absolute Gasteiger partial charge is 0.456 e. The van der Waals surface area contributed by atoms with E-state index >= 15 is 0 Å². The lowest BCUT2D eigenvalue weighted by atomic mass is 9.78. The molecule has 0 aromatic carbocycles. The normalized spacial score (nSPS) is 41.4. The Morgan fingerprint density at radius 1 is 1.15 bits per heavy atom. The second-order valence-corrected chi connectivity index (χ2v) is 12.8. The molecule has 41 heavy (non-hydrogen) atoms. The molecule has 2 rings (SSSR count). The number of rotatable bonds is 6. The average Bonchev–Trinajstić information content (AvgIpc) is 2.93.